The lowest BCUT2D eigenvalue weighted by Crippen LogP contribution is -2.43. The van der Waals surface area contributed by atoms with Crippen LogP contribution in [0.2, 0.25) is 0 Å². The van der Waals surface area contributed by atoms with Gasteiger partial charge in [0.25, 0.3) is 0 Å². The van der Waals surface area contributed by atoms with E-state index in [1.54, 1.807) is 12.1 Å². The van der Waals surface area contributed by atoms with E-state index in [2.05, 4.69) is 42.2 Å². The van der Waals surface area contributed by atoms with E-state index < -0.39 is 0 Å². The number of nitrogens with zero attached hydrogens (tertiary/aromatic N) is 1. The fraction of sp³-hybridized carbons (Fsp3) is 0.318. The number of likely N-dealkylation sites (tertiary alicyclic amines) is 1. The van der Waals surface area contributed by atoms with Crippen LogP contribution in [-0.4, -0.2) is 23.1 Å². The van der Waals surface area contributed by atoms with Crippen LogP contribution in [0.4, 0.5) is 0 Å². The molecule has 1 aromatic heterocycles. The molecule has 0 radical (unpaired) electrons. The van der Waals surface area contributed by atoms with Gasteiger partial charge < -0.3 is 9.52 Å². The average Bonchev–Trinajstić information content (AvgIpc) is 2.62. The molecule has 0 spiro atoms. The first kappa shape index (κ1) is 16.9. The summed E-state index contributed by atoms with van der Waals surface area (Å²) >= 11 is 0. The summed E-state index contributed by atoms with van der Waals surface area (Å²) in [6, 6.07) is 17.2. The van der Waals surface area contributed by atoms with Gasteiger partial charge >= 0.3 is 5.63 Å². The number of benzene rings is 2. The van der Waals surface area contributed by atoms with E-state index in [1.807, 2.05) is 6.07 Å². The Morgan fingerprint density at radius 3 is 2.77 bits per heavy atom. The number of fused-ring (bicyclic) bond motifs is 1. The zero-order chi connectivity index (χ0) is 18.1. The Morgan fingerprint density at radius 2 is 1.96 bits per heavy atom. The van der Waals surface area contributed by atoms with E-state index in [0.717, 1.165) is 30.5 Å². The lowest BCUT2D eigenvalue weighted by molar-refractivity contribution is 0.150. The van der Waals surface area contributed by atoms with Gasteiger partial charge in [-0.3, -0.25) is 4.90 Å². The highest BCUT2D eigenvalue weighted by Gasteiger charge is 2.32. The summed E-state index contributed by atoms with van der Waals surface area (Å²) in [5, 5.41) is 10.5. The van der Waals surface area contributed by atoms with Gasteiger partial charge in [-0.25, -0.2) is 4.79 Å². The molecule has 0 amide bonds. The van der Waals surface area contributed by atoms with E-state index in [1.165, 1.54) is 18.1 Å². The summed E-state index contributed by atoms with van der Waals surface area (Å²) < 4.78 is 5.25. The zero-order valence-corrected chi connectivity index (χ0v) is 14.9. The molecule has 1 N–H and O–H groups in total. The van der Waals surface area contributed by atoms with Crippen LogP contribution in [0.5, 0.6) is 5.75 Å². The van der Waals surface area contributed by atoms with Crippen molar-refractivity contribution in [2.45, 2.75) is 31.7 Å². The Balaban J connectivity index is 1.63. The quantitative estimate of drug-likeness (QED) is 0.725. The van der Waals surface area contributed by atoms with E-state index in [-0.39, 0.29) is 16.8 Å². The Labute approximate surface area is 152 Å². The first-order valence-electron chi connectivity index (χ1n) is 9.07. The molecule has 134 valence electrons. The topological polar surface area (TPSA) is 53.7 Å². The smallest absolute Gasteiger partial charge is 0.336 e. The zero-order valence-electron chi connectivity index (χ0n) is 14.9. The van der Waals surface area contributed by atoms with Crippen LogP contribution in [0, 0.1) is 0 Å². The molecule has 1 unspecified atom stereocenters. The molecule has 3 aromatic rings. The fourth-order valence-electron chi connectivity index (χ4n) is 4.15. The lowest BCUT2D eigenvalue weighted by Gasteiger charge is -2.41. The number of aromatic hydroxyl groups is 1. The third kappa shape index (κ3) is 3.25. The molecule has 4 rings (SSSR count). The molecular weight excluding hydrogens is 326 g/mol. The van der Waals surface area contributed by atoms with Crippen molar-refractivity contribution in [3.05, 3.63) is 76.1 Å². The molecule has 0 aliphatic carbocycles. The molecule has 1 atom stereocenters. The van der Waals surface area contributed by atoms with Crippen molar-refractivity contribution in [3.63, 3.8) is 0 Å². The molecule has 1 saturated heterocycles. The van der Waals surface area contributed by atoms with Crippen molar-refractivity contribution in [3.8, 4) is 5.75 Å². The van der Waals surface area contributed by atoms with E-state index in [0.29, 0.717) is 12.1 Å². The molecule has 1 fully saturated rings. The lowest BCUT2D eigenvalue weighted by atomic mass is 9.76. The maximum absolute atomic E-state index is 11.9. The number of hydrogen-bond acceptors (Lipinski definition) is 4. The number of rotatable bonds is 3. The van der Waals surface area contributed by atoms with Gasteiger partial charge in [-0.1, -0.05) is 37.3 Å². The SMILES string of the molecule is CC1(c2ccccc2)CCCN(Cc2cc(=O)oc3cc(O)ccc23)C1. The molecule has 1 aliphatic rings. The van der Waals surface area contributed by atoms with Crippen LogP contribution < -0.4 is 5.63 Å². The maximum Gasteiger partial charge on any atom is 0.336 e. The third-order valence-corrected chi connectivity index (χ3v) is 5.45. The van der Waals surface area contributed by atoms with Gasteiger partial charge in [-0.05, 0) is 42.6 Å². The van der Waals surface area contributed by atoms with Gasteiger partial charge in [-0.2, -0.15) is 0 Å². The first-order valence-corrected chi connectivity index (χ1v) is 9.07. The molecule has 0 bridgehead atoms. The minimum Gasteiger partial charge on any atom is -0.508 e. The first-order chi connectivity index (χ1) is 12.5. The molecule has 4 nitrogen and oxygen atoms in total. The predicted molar refractivity (Wildman–Crippen MR) is 102 cm³/mol. The minimum atomic E-state index is -0.374. The summed E-state index contributed by atoms with van der Waals surface area (Å²) in [5.41, 5.74) is 2.50. The van der Waals surface area contributed by atoms with Crippen molar-refractivity contribution in [1.82, 2.24) is 4.90 Å². The van der Waals surface area contributed by atoms with E-state index in [4.69, 9.17) is 4.42 Å². The molecule has 0 saturated carbocycles. The summed E-state index contributed by atoms with van der Waals surface area (Å²) in [7, 11) is 0. The number of hydrogen-bond donors (Lipinski definition) is 1. The molecular formula is C22H23NO3. The third-order valence-electron chi connectivity index (χ3n) is 5.45. The number of phenolic OH excluding ortho intramolecular Hbond substituents is 1. The van der Waals surface area contributed by atoms with Crippen LogP contribution in [0.3, 0.4) is 0 Å². The molecule has 2 heterocycles. The predicted octanol–water partition coefficient (Wildman–Crippen LogP) is 4.05. The van der Waals surface area contributed by atoms with Crippen molar-refractivity contribution in [2.75, 3.05) is 13.1 Å². The van der Waals surface area contributed by atoms with Crippen LogP contribution in [0.1, 0.15) is 30.9 Å². The van der Waals surface area contributed by atoms with Crippen LogP contribution in [0.15, 0.2) is 63.8 Å². The van der Waals surface area contributed by atoms with Crippen molar-refractivity contribution >= 4 is 11.0 Å². The second kappa shape index (κ2) is 6.61. The minimum absolute atomic E-state index is 0.104. The highest BCUT2D eigenvalue weighted by atomic mass is 16.4. The second-order valence-electron chi connectivity index (χ2n) is 7.51. The van der Waals surface area contributed by atoms with Gasteiger partial charge in [-0.15, -0.1) is 0 Å². The van der Waals surface area contributed by atoms with Gasteiger partial charge in [0.2, 0.25) is 0 Å². The number of piperidine rings is 1. The highest BCUT2D eigenvalue weighted by Crippen LogP contribution is 2.34. The largest absolute Gasteiger partial charge is 0.508 e. The van der Waals surface area contributed by atoms with Crippen molar-refractivity contribution < 1.29 is 9.52 Å². The van der Waals surface area contributed by atoms with Crippen LogP contribution in [-0.2, 0) is 12.0 Å². The molecule has 26 heavy (non-hydrogen) atoms. The fourth-order valence-corrected chi connectivity index (χ4v) is 4.15. The van der Waals surface area contributed by atoms with E-state index >= 15 is 0 Å². The van der Waals surface area contributed by atoms with E-state index in [9.17, 15) is 9.90 Å². The summed E-state index contributed by atoms with van der Waals surface area (Å²) in [5.74, 6) is 0.104. The van der Waals surface area contributed by atoms with Crippen molar-refractivity contribution in [1.29, 1.82) is 0 Å². The number of phenols is 1. The van der Waals surface area contributed by atoms with Crippen molar-refractivity contribution in [2.24, 2.45) is 0 Å². The second-order valence-corrected chi connectivity index (χ2v) is 7.51. The Hall–Kier alpha value is -2.59. The summed E-state index contributed by atoms with van der Waals surface area (Å²) in [4.78, 5) is 14.4. The summed E-state index contributed by atoms with van der Waals surface area (Å²) in [6.07, 6.45) is 2.30. The van der Waals surface area contributed by atoms with Gasteiger partial charge in [0.1, 0.15) is 11.3 Å². The molecule has 2 aromatic carbocycles. The monoisotopic (exact) mass is 349 g/mol. The van der Waals surface area contributed by atoms with Gasteiger partial charge in [0, 0.05) is 36.0 Å². The Kier molecular flexibility index (Phi) is 4.29. The highest BCUT2D eigenvalue weighted by molar-refractivity contribution is 5.81. The molecule has 1 aliphatic heterocycles. The van der Waals surface area contributed by atoms with Gasteiger partial charge in [0.05, 0.1) is 0 Å². The Bertz CT molecular complexity index is 980. The maximum atomic E-state index is 11.9. The normalized spacial score (nSPS) is 21.1. The summed E-state index contributed by atoms with van der Waals surface area (Å²) in [6.45, 7) is 5.00. The molecule has 4 heteroatoms. The van der Waals surface area contributed by atoms with Crippen LogP contribution in [0.25, 0.3) is 11.0 Å². The Morgan fingerprint density at radius 1 is 1.15 bits per heavy atom. The van der Waals surface area contributed by atoms with Gasteiger partial charge in [0.15, 0.2) is 0 Å². The standard InChI is InChI=1S/C22H23NO3/c1-22(17-6-3-2-4-7-17)10-5-11-23(15-22)14-16-12-21(25)26-20-13-18(24)8-9-19(16)20/h2-4,6-9,12-13,24H,5,10-11,14-15H2,1H3. The van der Waals surface area contributed by atoms with Crippen LogP contribution >= 0.6 is 0 Å². The average molecular weight is 349 g/mol.